The summed E-state index contributed by atoms with van der Waals surface area (Å²) in [5.41, 5.74) is 8.94. The van der Waals surface area contributed by atoms with E-state index in [0.717, 1.165) is 29.7 Å². The minimum absolute atomic E-state index is 0.000264. The zero-order valence-corrected chi connectivity index (χ0v) is 15.8. The third-order valence-electron chi connectivity index (χ3n) is 4.54. The van der Waals surface area contributed by atoms with Crippen LogP contribution >= 0.6 is 0 Å². The molecule has 142 valence electrons. The second-order valence-corrected chi connectivity index (χ2v) is 6.79. The molecule has 6 nitrogen and oxygen atoms in total. The topological polar surface area (TPSA) is 80.0 Å². The molecule has 0 fully saturated rings. The van der Waals surface area contributed by atoms with Crippen LogP contribution in [0.25, 0.3) is 0 Å². The van der Waals surface area contributed by atoms with Gasteiger partial charge in [0, 0.05) is 38.2 Å². The molecule has 6 heteroatoms. The largest absolute Gasteiger partial charge is 0.493 e. The van der Waals surface area contributed by atoms with Crippen molar-refractivity contribution in [1.29, 1.82) is 0 Å². The van der Waals surface area contributed by atoms with Gasteiger partial charge in [-0.2, -0.15) is 0 Å². The lowest BCUT2D eigenvalue weighted by molar-refractivity contribution is 0.0827. The highest BCUT2D eigenvalue weighted by atomic mass is 16.5. The predicted molar refractivity (Wildman–Crippen MR) is 107 cm³/mol. The fraction of sp³-hybridized carbons (Fsp3) is 0.333. The number of nitrogens with two attached hydrogens (primary N) is 1. The van der Waals surface area contributed by atoms with Crippen LogP contribution in [0.15, 0.2) is 53.5 Å². The van der Waals surface area contributed by atoms with Crippen LogP contribution < -0.4 is 15.8 Å². The molecular weight excluding hydrogens is 340 g/mol. The summed E-state index contributed by atoms with van der Waals surface area (Å²) >= 11 is 0. The summed E-state index contributed by atoms with van der Waals surface area (Å²) in [6.45, 7) is 1.22. The van der Waals surface area contributed by atoms with Gasteiger partial charge in [-0.25, -0.2) is 0 Å². The average Bonchev–Trinajstić information content (AvgIpc) is 2.68. The summed E-state index contributed by atoms with van der Waals surface area (Å²) in [6, 6.07) is 15.7. The Morgan fingerprint density at radius 1 is 1.26 bits per heavy atom. The maximum Gasteiger partial charge on any atom is 0.253 e. The van der Waals surface area contributed by atoms with E-state index in [2.05, 4.69) is 10.3 Å². The quantitative estimate of drug-likeness (QED) is 0.629. The Morgan fingerprint density at radius 2 is 2.07 bits per heavy atom. The Kier molecular flexibility index (Phi) is 5.96. The molecule has 0 radical (unpaired) electrons. The summed E-state index contributed by atoms with van der Waals surface area (Å²) in [4.78, 5) is 18.1. The van der Waals surface area contributed by atoms with Crippen LogP contribution in [-0.2, 0) is 6.42 Å². The maximum absolute atomic E-state index is 12.1. The first kappa shape index (κ1) is 18.8. The highest BCUT2D eigenvalue weighted by Crippen LogP contribution is 2.31. The van der Waals surface area contributed by atoms with Gasteiger partial charge in [0.05, 0.1) is 12.6 Å². The molecule has 1 aliphatic rings. The number of nitrogens with one attached hydrogen (secondary N) is 1. The number of para-hydroxylation sites is 1. The Labute approximate surface area is 160 Å². The number of hydrogen-bond acceptors (Lipinski definition) is 3. The number of aliphatic imine (C=N–C) groups is 1. The molecule has 0 aromatic heterocycles. The van der Waals surface area contributed by atoms with Gasteiger partial charge in [0.15, 0.2) is 5.96 Å². The number of carbonyl (C=O) groups is 1. The van der Waals surface area contributed by atoms with Crippen LogP contribution in [0.3, 0.4) is 0 Å². The number of benzene rings is 2. The molecule has 0 bridgehead atoms. The van der Waals surface area contributed by atoms with Gasteiger partial charge in [0.25, 0.3) is 5.91 Å². The van der Waals surface area contributed by atoms with Gasteiger partial charge in [-0.05, 0) is 30.2 Å². The van der Waals surface area contributed by atoms with E-state index in [1.165, 1.54) is 0 Å². The van der Waals surface area contributed by atoms with Crippen LogP contribution in [0.2, 0.25) is 0 Å². The molecule has 2 aromatic rings. The van der Waals surface area contributed by atoms with Crippen LogP contribution in [0, 0.1) is 0 Å². The molecule has 1 unspecified atom stereocenters. The smallest absolute Gasteiger partial charge is 0.253 e. The average molecular weight is 366 g/mol. The number of ether oxygens (including phenoxy) is 1. The number of hydrogen-bond donors (Lipinski definition) is 2. The van der Waals surface area contributed by atoms with Crippen molar-refractivity contribution in [3.63, 3.8) is 0 Å². The number of amides is 1. The maximum atomic E-state index is 12.1. The monoisotopic (exact) mass is 366 g/mol. The van der Waals surface area contributed by atoms with E-state index in [1.807, 2.05) is 48.5 Å². The van der Waals surface area contributed by atoms with E-state index in [-0.39, 0.29) is 11.9 Å². The number of guanidine groups is 1. The molecule has 1 amide bonds. The standard InChI is InChI=1S/C21H26N4O2/c1-25(2)20(26)16-7-5-6-15(14-16)10-12-23-21(22)24-18-11-13-27-19-9-4-3-8-17(18)19/h3-9,14,18H,10-13H2,1-2H3,(H3,22,23,24). The lowest BCUT2D eigenvalue weighted by Crippen LogP contribution is -2.37. The minimum atomic E-state index is -0.000264. The first-order chi connectivity index (χ1) is 13.0. The molecule has 27 heavy (non-hydrogen) atoms. The molecule has 1 aliphatic heterocycles. The van der Waals surface area contributed by atoms with Crippen molar-refractivity contribution >= 4 is 11.9 Å². The summed E-state index contributed by atoms with van der Waals surface area (Å²) in [7, 11) is 3.50. The number of nitrogens with zero attached hydrogens (tertiary/aromatic N) is 2. The van der Waals surface area contributed by atoms with Crippen molar-refractivity contribution in [2.45, 2.75) is 18.9 Å². The first-order valence-electron chi connectivity index (χ1n) is 9.13. The van der Waals surface area contributed by atoms with Gasteiger partial charge in [-0.1, -0.05) is 30.3 Å². The third-order valence-corrected chi connectivity index (χ3v) is 4.54. The van der Waals surface area contributed by atoms with Gasteiger partial charge >= 0.3 is 0 Å². The lowest BCUT2D eigenvalue weighted by atomic mass is 10.0. The minimum Gasteiger partial charge on any atom is -0.493 e. The summed E-state index contributed by atoms with van der Waals surface area (Å²) in [5, 5.41) is 3.29. The van der Waals surface area contributed by atoms with Crippen molar-refractivity contribution in [1.82, 2.24) is 10.2 Å². The predicted octanol–water partition coefficient (Wildman–Crippen LogP) is 2.36. The lowest BCUT2D eigenvalue weighted by Gasteiger charge is -2.26. The Balaban J connectivity index is 1.58. The van der Waals surface area contributed by atoms with E-state index in [1.54, 1.807) is 19.0 Å². The first-order valence-corrected chi connectivity index (χ1v) is 9.13. The second-order valence-electron chi connectivity index (χ2n) is 6.79. The zero-order valence-electron chi connectivity index (χ0n) is 15.8. The summed E-state index contributed by atoms with van der Waals surface area (Å²) in [5.74, 6) is 1.33. The number of rotatable bonds is 5. The Bertz CT molecular complexity index is 832. The van der Waals surface area contributed by atoms with Crippen molar-refractivity contribution in [2.75, 3.05) is 27.2 Å². The highest BCUT2D eigenvalue weighted by Gasteiger charge is 2.21. The number of carbonyl (C=O) groups excluding carboxylic acids is 1. The molecule has 0 spiro atoms. The van der Waals surface area contributed by atoms with Gasteiger partial charge in [-0.3, -0.25) is 9.79 Å². The summed E-state index contributed by atoms with van der Waals surface area (Å²) in [6.07, 6.45) is 1.57. The van der Waals surface area contributed by atoms with Gasteiger partial charge in [0.1, 0.15) is 5.75 Å². The van der Waals surface area contributed by atoms with E-state index in [0.29, 0.717) is 24.7 Å². The van der Waals surface area contributed by atoms with Gasteiger partial charge < -0.3 is 20.7 Å². The third kappa shape index (κ3) is 4.78. The van der Waals surface area contributed by atoms with Crippen LogP contribution in [-0.4, -0.2) is 44.0 Å². The SMILES string of the molecule is CN(C)C(=O)c1cccc(CCN=C(N)NC2CCOc3ccccc32)c1. The van der Waals surface area contributed by atoms with E-state index >= 15 is 0 Å². The fourth-order valence-corrected chi connectivity index (χ4v) is 3.14. The van der Waals surface area contributed by atoms with E-state index in [4.69, 9.17) is 10.5 Å². The van der Waals surface area contributed by atoms with Gasteiger partial charge in [0.2, 0.25) is 0 Å². The molecule has 3 rings (SSSR count). The fourth-order valence-electron chi connectivity index (χ4n) is 3.14. The van der Waals surface area contributed by atoms with Crippen LogP contribution in [0.1, 0.15) is 33.9 Å². The van der Waals surface area contributed by atoms with Crippen LogP contribution in [0.5, 0.6) is 5.75 Å². The molecule has 0 saturated heterocycles. The summed E-state index contributed by atoms with van der Waals surface area (Å²) < 4.78 is 5.67. The molecule has 0 aliphatic carbocycles. The molecule has 2 aromatic carbocycles. The van der Waals surface area contributed by atoms with Crippen molar-refractivity contribution in [3.8, 4) is 5.75 Å². The molecule has 3 N–H and O–H groups in total. The molecule has 1 heterocycles. The van der Waals surface area contributed by atoms with E-state index in [9.17, 15) is 4.79 Å². The normalized spacial score (nSPS) is 16.2. The van der Waals surface area contributed by atoms with Gasteiger partial charge in [-0.15, -0.1) is 0 Å². The van der Waals surface area contributed by atoms with Crippen molar-refractivity contribution < 1.29 is 9.53 Å². The molecule has 0 saturated carbocycles. The number of fused-ring (bicyclic) bond motifs is 1. The Hall–Kier alpha value is -3.02. The van der Waals surface area contributed by atoms with Crippen molar-refractivity contribution in [3.05, 3.63) is 65.2 Å². The Morgan fingerprint density at radius 3 is 2.89 bits per heavy atom. The second kappa shape index (κ2) is 8.58. The molecular formula is C21H26N4O2. The van der Waals surface area contributed by atoms with Crippen LogP contribution in [0.4, 0.5) is 0 Å². The van der Waals surface area contributed by atoms with Crippen molar-refractivity contribution in [2.24, 2.45) is 10.7 Å². The van der Waals surface area contributed by atoms with E-state index < -0.39 is 0 Å². The highest BCUT2D eigenvalue weighted by molar-refractivity contribution is 5.94. The zero-order chi connectivity index (χ0) is 19.2. The molecule has 1 atom stereocenters.